The summed E-state index contributed by atoms with van der Waals surface area (Å²) in [7, 11) is 0. The molecule has 0 radical (unpaired) electrons. The number of ether oxygens (including phenoxy) is 1. The zero-order valence-electron chi connectivity index (χ0n) is 16.5. The van der Waals surface area contributed by atoms with E-state index in [0.29, 0.717) is 35.9 Å². The molecule has 30 heavy (non-hydrogen) atoms. The lowest BCUT2D eigenvalue weighted by Gasteiger charge is -2.12. The molecule has 1 aromatic heterocycles. The SMILES string of the molecule is CCOC(=O)c1ccc(NC(=NCc2ccncc2)NC(=O)c2ccccc2)cc1. The van der Waals surface area contributed by atoms with E-state index in [9.17, 15) is 9.59 Å². The molecule has 7 nitrogen and oxygen atoms in total. The fourth-order valence-electron chi connectivity index (χ4n) is 2.58. The van der Waals surface area contributed by atoms with Gasteiger partial charge in [0, 0.05) is 23.6 Å². The Bertz CT molecular complexity index is 1000. The summed E-state index contributed by atoms with van der Waals surface area (Å²) in [5, 5.41) is 5.90. The van der Waals surface area contributed by atoms with E-state index in [1.165, 1.54) is 0 Å². The average molecular weight is 402 g/mol. The molecule has 0 fully saturated rings. The fourth-order valence-corrected chi connectivity index (χ4v) is 2.58. The number of hydrogen-bond donors (Lipinski definition) is 2. The van der Waals surface area contributed by atoms with Crippen LogP contribution in [0.15, 0.2) is 84.1 Å². The molecule has 0 atom stereocenters. The molecule has 0 spiro atoms. The Morgan fingerprint density at radius 1 is 0.933 bits per heavy atom. The van der Waals surface area contributed by atoms with Gasteiger partial charge in [-0.05, 0) is 61.0 Å². The highest BCUT2D eigenvalue weighted by atomic mass is 16.5. The van der Waals surface area contributed by atoms with Crippen molar-refractivity contribution in [3.8, 4) is 0 Å². The van der Waals surface area contributed by atoms with Gasteiger partial charge in [-0.3, -0.25) is 15.1 Å². The van der Waals surface area contributed by atoms with E-state index in [-0.39, 0.29) is 11.9 Å². The third-order valence-corrected chi connectivity index (χ3v) is 4.10. The Hall–Kier alpha value is -4.00. The third kappa shape index (κ3) is 6.00. The molecule has 0 aliphatic heterocycles. The van der Waals surface area contributed by atoms with Crippen LogP contribution in [0.5, 0.6) is 0 Å². The van der Waals surface area contributed by atoms with Crippen molar-refractivity contribution in [2.45, 2.75) is 13.5 Å². The summed E-state index contributed by atoms with van der Waals surface area (Å²) in [6.45, 7) is 2.44. The van der Waals surface area contributed by atoms with E-state index < -0.39 is 0 Å². The van der Waals surface area contributed by atoms with E-state index in [4.69, 9.17) is 4.74 Å². The zero-order chi connectivity index (χ0) is 21.2. The molecule has 2 aromatic carbocycles. The molecule has 3 rings (SSSR count). The monoisotopic (exact) mass is 402 g/mol. The first kappa shape index (κ1) is 20.7. The van der Waals surface area contributed by atoms with Crippen LogP contribution in [0.3, 0.4) is 0 Å². The Morgan fingerprint density at radius 3 is 2.30 bits per heavy atom. The molecule has 2 N–H and O–H groups in total. The highest BCUT2D eigenvalue weighted by Gasteiger charge is 2.10. The standard InChI is InChI=1S/C23H22N4O3/c1-2-30-22(29)19-8-10-20(11-9-19)26-23(25-16-17-12-14-24-15-13-17)27-21(28)18-6-4-3-5-7-18/h3-15H,2,16H2,1H3,(H2,25,26,27,28). The largest absolute Gasteiger partial charge is 0.462 e. The third-order valence-electron chi connectivity index (χ3n) is 4.10. The van der Waals surface area contributed by atoms with Crippen LogP contribution in [0.1, 0.15) is 33.2 Å². The van der Waals surface area contributed by atoms with Crippen molar-refractivity contribution < 1.29 is 14.3 Å². The summed E-state index contributed by atoms with van der Waals surface area (Å²) in [4.78, 5) is 32.9. The topological polar surface area (TPSA) is 92.7 Å². The lowest BCUT2D eigenvalue weighted by Crippen LogP contribution is -2.36. The van der Waals surface area contributed by atoms with Gasteiger partial charge in [-0.2, -0.15) is 0 Å². The van der Waals surface area contributed by atoms with Crippen molar-refractivity contribution in [2.75, 3.05) is 11.9 Å². The number of anilines is 1. The fraction of sp³-hybridized carbons (Fsp3) is 0.130. The van der Waals surface area contributed by atoms with Crippen LogP contribution in [0.4, 0.5) is 5.69 Å². The molecule has 0 unspecified atom stereocenters. The average Bonchev–Trinajstić information content (AvgIpc) is 2.79. The second-order valence-electron chi connectivity index (χ2n) is 6.26. The first-order valence-corrected chi connectivity index (χ1v) is 9.49. The van der Waals surface area contributed by atoms with Crippen molar-refractivity contribution in [1.82, 2.24) is 10.3 Å². The van der Waals surface area contributed by atoms with Crippen LogP contribution < -0.4 is 10.6 Å². The maximum absolute atomic E-state index is 12.6. The first-order valence-electron chi connectivity index (χ1n) is 9.49. The van der Waals surface area contributed by atoms with Gasteiger partial charge in [-0.1, -0.05) is 18.2 Å². The van der Waals surface area contributed by atoms with Crippen molar-refractivity contribution in [3.05, 3.63) is 95.8 Å². The summed E-state index contributed by atoms with van der Waals surface area (Å²) in [6, 6.07) is 19.4. The van der Waals surface area contributed by atoms with Crippen molar-refractivity contribution in [3.63, 3.8) is 0 Å². The lowest BCUT2D eigenvalue weighted by atomic mass is 10.2. The number of amides is 1. The first-order chi connectivity index (χ1) is 14.7. The van der Waals surface area contributed by atoms with Crippen molar-refractivity contribution >= 4 is 23.5 Å². The summed E-state index contributed by atoms with van der Waals surface area (Å²) in [5.41, 5.74) is 2.60. The van der Waals surface area contributed by atoms with Crippen LogP contribution in [0, 0.1) is 0 Å². The number of pyridine rings is 1. The molecular formula is C23H22N4O3. The molecule has 0 aliphatic rings. The van der Waals surface area contributed by atoms with E-state index in [1.807, 2.05) is 18.2 Å². The Labute approximate surface area is 174 Å². The maximum Gasteiger partial charge on any atom is 0.338 e. The minimum absolute atomic E-state index is 0.278. The second-order valence-corrected chi connectivity index (χ2v) is 6.26. The normalized spacial score (nSPS) is 10.9. The summed E-state index contributed by atoms with van der Waals surface area (Å²) in [5.74, 6) is -0.364. The van der Waals surface area contributed by atoms with Gasteiger partial charge < -0.3 is 10.1 Å². The number of carbonyl (C=O) groups excluding carboxylic acids is 2. The number of aromatic nitrogens is 1. The van der Waals surface area contributed by atoms with E-state index in [2.05, 4.69) is 20.6 Å². The van der Waals surface area contributed by atoms with Crippen molar-refractivity contribution in [2.24, 2.45) is 4.99 Å². The molecule has 0 aliphatic carbocycles. The van der Waals surface area contributed by atoms with Crippen LogP contribution in [-0.4, -0.2) is 29.4 Å². The number of nitrogens with one attached hydrogen (secondary N) is 2. The number of esters is 1. The van der Waals surface area contributed by atoms with Gasteiger partial charge in [0.1, 0.15) is 0 Å². The number of carbonyl (C=O) groups is 2. The molecule has 1 heterocycles. The van der Waals surface area contributed by atoms with E-state index in [1.54, 1.807) is 67.8 Å². The van der Waals surface area contributed by atoms with Gasteiger partial charge in [-0.15, -0.1) is 0 Å². The van der Waals surface area contributed by atoms with Crippen LogP contribution in [0.25, 0.3) is 0 Å². The van der Waals surface area contributed by atoms with Gasteiger partial charge in [0.15, 0.2) is 0 Å². The van der Waals surface area contributed by atoms with Gasteiger partial charge in [-0.25, -0.2) is 9.79 Å². The van der Waals surface area contributed by atoms with Gasteiger partial charge in [0.05, 0.1) is 18.7 Å². The minimum Gasteiger partial charge on any atom is -0.462 e. The Balaban J connectivity index is 1.76. The van der Waals surface area contributed by atoms with Crippen LogP contribution >= 0.6 is 0 Å². The van der Waals surface area contributed by atoms with Gasteiger partial charge >= 0.3 is 5.97 Å². The van der Waals surface area contributed by atoms with Crippen molar-refractivity contribution in [1.29, 1.82) is 0 Å². The summed E-state index contributed by atoms with van der Waals surface area (Å²) in [6.07, 6.45) is 3.38. The molecule has 7 heteroatoms. The Morgan fingerprint density at radius 2 is 1.63 bits per heavy atom. The quantitative estimate of drug-likeness (QED) is 0.373. The summed E-state index contributed by atoms with van der Waals surface area (Å²) < 4.78 is 4.99. The smallest absolute Gasteiger partial charge is 0.338 e. The molecule has 1 amide bonds. The van der Waals surface area contributed by atoms with Gasteiger partial charge in [0.2, 0.25) is 5.96 Å². The predicted octanol–water partition coefficient (Wildman–Crippen LogP) is 3.66. The Kier molecular flexibility index (Phi) is 7.27. The van der Waals surface area contributed by atoms with Crippen LogP contribution in [-0.2, 0) is 11.3 Å². The molecule has 3 aromatic rings. The van der Waals surface area contributed by atoms with Gasteiger partial charge in [0.25, 0.3) is 5.91 Å². The molecule has 0 bridgehead atoms. The number of hydrogen-bond acceptors (Lipinski definition) is 5. The summed E-state index contributed by atoms with van der Waals surface area (Å²) >= 11 is 0. The molecule has 152 valence electrons. The molecule has 0 saturated heterocycles. The maximum atomic E-state index is 12.6. The number of nitrogens with zero attached hydrogens (tertiary/aromatic N) is 2. The molecule has 0 saturated carbocycles. The van der Waals surface area contributed by atoms with E-state index in [0.717, 1.165) is 5.56 Å². The zero-order valence-corrected chi connectivity index (χ0v) is 16.5. The lowest BCUT2D eigenvalue weighted by molar-refractivity contribution is 0.0526. The second kappa shape index (κ2) is 10.5. The number of guanidine groups is 1. The number of benzene rings is 2. The highest BCUT2D eigenvalue weighted by molar-refractivity contribution is 6.10. The number of rotatable bonds is 6. The number of aliphatic imine (C=N–C) groups is 1. The van der Waals surface area contributed by atoms with E-state index >= 15 is 0 Å². The predicted molar refractivity (Wildman–Crippen MR) is 115 cm³/mol. The highest BCUT2D eigenvalue weighted by Crippen LogP contribution is 2.11. The minimum atomic E-state index is -0.381. The molecular weight excluding hydrogens is 380 g/mol. The van der Waals surface area contributed by atoms with Crippen LogP contribution in [0.2, 0.25) is 0 Å².